The molecule has 0 bridgehead atoms. The number of rotatable bonds is 0. The molecule has 0 aliphatic carbocycles. The summed E-state index contributed by atoms with van der Waals surface area (Å²) in [5, 5.41) is 0. The summed E-state index contributed by atoms with van der Waals surface area (Å²) in [6.07, 6.45) is 0. The SMILES string of the molecule is O=S(=O)([O-])[O-].O=S(=O)([O-])[O-].O[Si](O)(O)O.[Al+3].[K+]. The minimum Gasteiger partial charge on any atom is -0.759 e. The van der Waals surface area contributed by atoms with Crippen LogP contribution in [0.4, 0.5) is 0 Å². The maximum Gasteiger partial charge on any atom is 3.00 e. The monoisotopic (exact) mass is 354 g/mol. The molecular formula is H4AlKO12S2Si. The van der Waals surface area contributed by atoms with E-state index in [9.17, 15) is 0 Å². The molecule has 4 N–H and O–H groups in total. The van der Waals surface area contributed by atoms with E-state index in [-0.39, 0.29) is 68.7 Å². The first-order chi connectivity index (χ1) is 6.00. The van der Waals surface area contributed by atoms with Crippen LogP contribution >= 0.6 is 0 Å². The second-order valence-corrected chi connectivity index (χ2v) is 4.25. The van der Waals surface area contributed by atoms with E-state index in [0.29, 0.717) is 0 Å². The van der Waals surface area contributed by atoms with Gasteiger partial charge in [0.05, 0.1) is 0 Å². The van der Waals surface area contributed by atoms with Crippen molar-refractivity contribution in [3.8, 4) is 0 Å². The Balaban J connectivity index is -0.0000000400. The molecule has 0 atom stereocenters. The van der Waals surface area contributed by atoms with Crippen LogP contribution in [0.3, 0.4) is 0 Å². The van der Waals surface area contributed by atoms with Gasteiger partial charge < -0.3 is 37.4 Å². The molecule has 0 unspecified atom stereocenters. The van der Waals surface area contributed by atoms with Crippen LogP contribution in [0.25, 0.3) is 0 Å². The first-order valence-corrected chi connectivity index (χ1v) is 6.68. The first-order valence-electron chi connectivity index (χ1n) is 2.23. The third kappa shape index (κ3) is 1190. The molecule has 0 radical (unpaired) electrons. The fourth-order valence-corrected chi connectivity index (χ4v) is 0. The van der Waals surface area contributed by atoms with Crippen LogP contribution in [-0.2, 0) is 20.8 Å². The van der Waals surface area contributed by atoms with Crippen LogP contribution in [0, 0.1) is 0 Å². The van der Waals surface area contributed by atoms with Gasteiger partial charge >= 0.3 is 77.8 Å². The van der Waals surface area contributed by atoms with Crippen LogP contribution in [-0.4, -0.2) is 80.6 Å². The van der Waals surface area contributed by atoms with Gasteiger partial charge in [-0.3, -0.25) is 16.8 Å². The molecule has 0 saturated heterocycles. The van der Waals surface area contributed by atoms with Gasteiger partial charge in [-0.25, -0.2) is 0 Å². The van der Waals surface area contributed by atoms with E-state index in [4.69, 9.17) is 54.2 Å². The van der Waals surface area contributed by atoms with E-state index >= 15 is 0 Å². The zero-order valence-electron chi connectivity index (χ0n) is 7.95. The molecule has 0 aromatic carbocycles. The summed E-state index contributed by atoms with van der Waals surface area (Å²) < 4.78 is 68.2. The van der Waals surface area contributed by atoms with Gasteiger partial charge in [0, 0.05) is 20.8 Å². The molecule has 0 aliphatic rings. The second-order valence-electron chi connectivity index (χ2n) is 1.42. The van der Waals surface area contributed by atoms with E-state index in [1.807, 2.05) is 0 Å². The van der Waals surface area contributed by atoms with Crippen molar-refractivity contribution >= 4 is 47.2 Å². The molecule has 17 heavy (non-hydrogen) atoms. The van der Waals surface area contributed by atoms with Gasteiger partial charge in [0.15, 0.2) is 0 Å². The van der Waals surface area contributed by atoms with Gasteiger partial charge in [-0.1, -0.05) is 0 Å². The van der Waals surface area contributed by atoms with Crippen molar-refractivity contribution in [2.75, 3.05) is 0 Å². The minimum atomic E-state index is -5.17. The summed E-state index contributed by atoms with van der Waals surface area (Å²) in [7, 11) is -14.9. The zero-order valence-corrected chi connectivity index (χ0v) is 14.9. The Morgan fingerprint density at radius 1 is 0.706 bits per heavy atom. The molecule has 96 valence electrons. The van der Waals surface area contributed by atoms with Gasteiger partial charge in [-0.15, -0.1) is 0 Å². The Labute approximate surface area is 150 Å². The minimum absolute atomic E-state index is 0. The molecule has 0 aliphatic heterocycles. The normalized spacial score (nSPS) is 10.4. The van der Waals surface area contributed by atoms with Crippen LogP contribution in [0.2, 0.25) is 0 Å². The number of hydrogen-bond acceptors (Lipinski definition) is 12. The Bertz CT molecular complexity index is 283. The van der Waals surface area contributed by atoms with Crippen molar-refractivity contribution in [3.05, 3.63) is 0 Å². The van der Waals surface area contributed by atoms with Crippen LogP contribution in [0.1, 0.15) is 0 Å². The van der Waals surface area contributed by atoms with Crippen LogP contribution in [0.15, 0.2) is 0 Å². The molecule has 0 spiro atoms. The van der Waals surface area contributed by atoms with Gasteiger partial charge in [0.25, 0.3) is 0 Å². The zero-order chi connectivity index (χ0) is 13.5. The fourth-order valence-electron chi connectivity index (χ4n) is 0. The summed E-state index contributed by atoms with van der Waals surface area (Å²) >= 11 is 0. The summed E-state index contributed by atoms with van der Waals surface area (Å²) in [5.74, 6) is 0. The largest absolute Gasteiger partial charge is 3.00 e. The summed E-state index contributed by atoms with van der Waals surface area (Å²) in [6, 6.07) is 0. The van der Waals surface area contributed by atoms with E-state index in [0.717, 1.165) is 0 Å². The Morgan fingerprint density at radius 2 is 0.706 bits per heavy atom. The maximum atomic E-state index is 8.52. The van der Waals surface area contributed by atoms with Gasteiger partial charge in [0.1, 0.15) is 0 Å². The van der Waals surface area contributed by atoms with Crippen LogP contribution < -0.4 is 51.4 Å². The van der Waals surface area contributed by atoms with Gasteiger partial charge in [0.2, 0.25) is 0 Å². The summed E-state index contributed by atoms with van der Waals surface area (Å²) in [5.41, 5.74) is 0. The standard InChI is InChI=1S/Al.K.2H2O4S.H4O4Si/c;;3*1-5(2,3)4/h;;2*(H2,1,2,3,4);1-4H/q+3;+1;;;/p-4. The molecule has 12 nitrogen and oxygen atoms in total. The third-order valence-corrected chi connectivity index (χ3v) is 0. The Kier molecular flexibility index (Phi) is 23.9. The van der Waals surface area contributed by atoms with E-state index in [1.165, 1.54) is 0 Å². The third-order valence-electron chi connectivity index (χ3n) is 0. The van der Waals surface area contributed by atoms with Crippen molar-refractivity contribution in [1.82, 2.24) is 0 Å². The van der Waals surface area contributed by atoms with Gasteiger partial charge in [-0.05, 0) is 0 Å². The van der Waals surface area contributed by atoms with Crippen LogP contribution in [0.5, 0.6) is 0 Å². The maximum absolute atomic E-state index is 8.52. The average Bonchev–Trinajstić information content (AvgIpc) is 1.41. The topological polar surface area (TPSA) is 241 Å². The van der Waals surface area contributed by atoms with Crippen molar-refractivity contribution < 1.29 is 106 Å². The summed E-state index contributed by atoms with van der Waals surface area (Å²) in [4.78, 5) is 29.3. The molecule has 0 aromatic rings. The average molecular weight is 354 g/mol. The predicted octanol–water partition coefficient (Wildman–Crippen LogP) is -8.66. The molecule has 0 saturated carbocycles. The molecular weight excluding hydrogens is 350 g/mol. The Morgan fingerprint density at radius 3 is 0.706 bits per heavy atom. The predicted molar refractivity (Wildman–Crippen MR) is 41.3 cm³/mol. The molecule has 0 heterocycles. The molecule has 0 aromatic heterocycles. The van der Waals surface area contributed by atoms with E-state index in [1.54, 1.807) is 0 Å². The molecule has 0 rings (SSSR count). The van der Waals surface area contributed by atoms with Crippen molar-refractivity contribution in [2.45, 2.75) is 0 Å². The quantitative estimate of drug-likeness (QED) is 0.180. The van der Waals surface area contributed by atoms with Crippen molar-refractivity contribution in [1.29, 1.82) is 0 Å². The first kappa shape index (κ1) is 31.4. The molecule has 0 fully saturated rings. The van der Waals surface area contributed by atoms with Crippen molar-refractivity contribution in [3.63, 3.8) is 0 Å². The molecule has 0 amide bonds. The molecule has 17 heteroatoms. The Hall–Kier alpha value is 1.97. The van der Waals surface area contributed by atoms with Gasteiger partial charge in [-0.2, -0.15) is 0 Å². The smallest absolute Gasteiger partial charge is 0.759 e. The summed E-state index contributed by atoms with van der Waals surface area (Å²) in [6.45, 7) is 0. The van der Waals surface area contributed by atoms with E-state index in [2.05, 4.69) is 0 Å². The van der Waals surface area contributed by atoms with E-state index < -0.39 is 29.8 Å². The number of hydrogen-bond donors (Lipinski definition) is 4. The van der Waals surface area contributed by atoms with Crippen molar-refractivity contribution in [2.24, 2.45) is 0 Å². The second kappa shape index (κ2) is 13.0. The fraction of sp³-hybridized carbons (Fsp3) is 0.